The number of amides is 2. The van der Waals surface area contributed by atoms with Crippen molar-refractivity contribution in [3.05, 3.63) is 22.4 Å². The molecule has 1 atom stereocenters. The highest BCUT2D eigenvalue weighted by atomic mass is 32.1. The van der Waals surface area contributed by atoms with Crippen molar-refractivity contribution < 1.29 is 19.4 Å². The fraction of sp³-hybridized carbons (Fsp3) is 0.571. The number of ether oxygens (including phenoxy) is 1. The first-order valence-electron chi connectivity index (χ1n) is 7.03. The first-order valence-corrected chi connectivity index (χ1v) is 7.91. The number of thiophene rings is 1. The van der Waals surface area contributed by atoms with Crippen LogP contribution >= 0.6 is 11.3 Å². The van der Waals surface area contributed by atoms with E-state index in [2.05, 4.69) is 5.32 Å². The number of carbonyl (C=O) groups is 2. The predicted octanol–water partition coefficient (Wildman–Crippen LogP) is 1.91. The van der Waals surface area contributed by atoms with Crippen LogP contribution in [0.15, 0.2) is 17.5 Å². The molecular formula is C14H20N2O4S. The number of carboxylic acid groups (broad SMARTS) is 1. The van der Waals surface area contributed by atoms with Crippen LogP contribution in [-0.4, -0.2) is 47.8 Å². The van der Waals surface area contributed by atoms with Gasteiger partial charge in [0.05, 0.1) is 19.1 Å². The van der Waals surface area contributed by atoms with Crippen LogP contribution in [0.1, 0.15) is 24.1 Å². The molecule has 0 radical (unpaired) electrons. The van der Waals surface area contributed by atoms with E-state index >= 15 is 0 Å². The zero-order valence-corrected chi connectivity index (χ0v) is 12.6. The summed E-state index contributed by atoms with van der Waals surface area (Å²) in [4.78, 5) is 25.5. The van der Waals surface area contributed by atoms with Crippen molar-refractivity contribution in [1.82, 2.24) is 10.2 Å². The molecule has 0 spiro atoms. The predicted molar refractivity (Wildman–Crippen MR) is 79.4 cm³/mol. The lowest BCUT2D eigenvalue weighted by Gasteiger charge is -2.25. The van der Waals surface area contributed by atoms with E-state index in [4.69, 9.17) is 9.84 Å². The standard InChI is InChI=1S/C14H20N2O4S/c17-13(18)5-6-15-14(19)16(9-11-3-1-7-20-11)10-12-4-2-8-21-12/h2,4,8,11H,1,3,5-7,9-10H2,(H,15,19)(H,17,18). The fourth-order valence-electron chi connectivity index (χ4n) is 2.23. The maximum atomic E-state index is 12.2. The highest BCUT2D eigenvalue weighted by molar-refractivity contribution is 7.09. The van der Waals surface area contributed by atoms with E-state index in [0.717, 1.165) is 24.3 Å². The molecule has 1 aliphatic heterocycles. The lowest BCUT2D eigenvalue weighted by molar-refractivity contribution is -0.136. The second-order valence-corrected chi connectivity index (χ2v) is 6.00. The molecule has 0 aliphatic carbocycles. The van der Waals surface area contributed by atoms with E-state index in [1.165, 1.54) is 0 Å². The van der Waals surface area contributed by atoms with Gasteiger partial charge in [-0.1, -0.05) is 6.07 Å². The van der Waals surface area contributed by atoms with Gasteiger partial charge in [0.1, 0.15) is 0 Å². The van der Waals surface area contributed by atoms with Crippen LogP contribution in [0.25, 0.3) is 0 Å². The second kappa shape index (κ2) is 7.99. The summed E-state index contributed by atoms with van der Waals surface area (Å²) in [5.74, 6) is -0.917. The Balaban J connectivity index is 1.89. The lowest BCUT2D eigenvalue weighted by atomic mass is 10.2. The minimum atomic E-state index is -0.917. The molecule has 1 aliphatic rings. The minimum absolute atomic E-state index is 0.0709. The van der Waals surface area contributed by atoms with Crippen molar-refractivity contribution >= 4 is 23.3 Å². The Hall–Kier alpha value is -1.60. The molecule has 116 valence electrons. The van der Waals surface area contributed by atoms with Gasteiger partial charge in [0, 0.05) is 24.6 Å². The number of carbonyl (C=O) groups excluding carboxylic acids is 1. The average Bonchev–Trinajstić information content (AvgIpc) is 3.10. The highest BCUT2D eigenvalue weighted by Gasteiger charge is 2.23. The molecule has 2 rings (SSSR count). The van der Waals surface area contributed by atoms with Crippen LogP contribution in [0.4, 0.5) is 4.79 Å². The number of nitrogens with one attached hydrogen (secondary N) is 1. The maximum Gasteiger partial charge on any atom is 0.317 e. The van der Waals surface area contributed by atoms with Crippen molar-refractivity contribution in [3.8, 4) is 0 Å². The van der Waals surface area contributed by atoms with E-state index in [1.54, 1.807) is 16.2 Å². The number of nitrogens with zero attached hydrogens (tertiary/aromatic N) is 1. The Labute approximate surface area is 127 Å². The molecule has 1 fully saturated rings. The van der Waals surface area contributed by atoms with Crippen molar-refractivity contribution in [2.75, 3.05) is 19.7 Å². The summed E-state index contributed by atoms with van der Waals surface area (Å²) in [5, 5.41) is 13.2. The first kappa shape index (κ1) is 15.8. The molecule has 1 aromatic rings. The van der Waals surface area contributed by atoms with Gasteiger partial charge in [0.15, 0.2) is 0 Å². The molecule has 1 unspecified atom stereocenters. The van der Waals surface area contributed by atoms with Gasteiger partial charge in [0.2, 0.25) is 0 Å². The Morgan fingerprint density at radius 2 is 2.38 bits per heavy atom. The third-order valence-corrected chi connectivity index (χ3v) is 4.14. The van der Waals surface area contributed by atoms with Crippen molar-refractivity contribution in [2.45, 2.75) is 31.9 Å². The zero-order valence-electron chi connectivity index (χ0n) is 11.8. The van der Waals surface area contributed by atoms with E-state index in [9.17, 15) is 9.59 Å². The van der Waals surface area contributed by atoms with Gasteiger partial charge in [-0.2, -0.15) is 0 Å². The molecule has 21 heavy (non-hydrogen) atoms. The molecule has 1 saturated heterocycles. The van der Waals surface area contributed by atoms with Crippen molar-refractivity contribution in [2.24, 2.45) is 0 Å². The number of urea groups is 1. The first-order chi connectivity index (χ1) is 10.1. The molecular weight excluding hydrogens is 292 g/mol. The number of carboxylic acids is 1. The van der Waals surface area contributed by atoms with Crippen molar-refractivity contribution in [1.29, 1.82) is 0 Å². The SMILES string of the molecule is O=C(O)CCNC(=O)N(Cc1cccs1)CC1CCCO1. The molecule has 1 aromatic heterocycles. The largest absolute Gasteiger partial charge is 0.481 e. The normalized spacial score (nSPS) is 17.6. The summed E-state index contributed by atoms with van der Waals surface area (Å²) in [6.45, 7) is 1.95. The van der Waals surface area contributed by atoms with Gasteiger partial charge in [-0.25, -0.2) is 4.79 Å². The number of hydrogen-bond donors (Lipinski definition) is 2. The summed E-state index contributed by atoms with van der Waals surface area (Å²) < 4.78 is 5.58. The lowest BCUT2D eigenvalue weighted by Crippen LogP contribution is -2.43. The topological polar surface area (TPSA) is 78.9 Å². The van der Waals surface area contributed by atoms with E-state index < -0.39 is 5.97 Å². The molecule has 0 bridgehead atoms. The van der Waals surface area contributed by atoms with E-state index in [0.29, 0.717) is 13.1 Å². The third kappa shape index (κ3) is 5.35. The number of aliphatic carboxylic acids is 1. The quantitative estimate of drug-likeness (QED) is 0.806. The van der Waals surface area contributed by atoms with Gasteiger partial charge >= 0.3 is 12.0 Å². The van der Waals surface area contributed by atoms with Crippen LogP contribution in [-0.2, 0) is 16.1 Å². The molecule has 0 aromatic carbocycles. The van der Waals surface area contributed by atoms with Crippen LogP contribution in [0.5, 0.6) is 0 Å². The molecule has 2 heterocycles. The minimum Gasteiger partial charge on any atom is -0.481 e. The van der Waals surface area contributed by atoms with Crippen molar-refractivity contribution in [3.63, 3.8) is 0 Å². The summed E-state index contributed by atoms with van der Waals surface area (Å²) in [5.41, 5.74) is 0. The van der Waals surface area contributed by atoms with Gasteiger partial charge in [0.25, 0.3) is 0 Å². The highest BCUT2D eigenvalue weighted by Crippen LogP contribution is 2.17. The average molecular weight is 312 g/mol. The Morgan fingerprint density at radius 1 is 1.52 bits per heavy atom. The molecule has 7 heteroatoms. The second-order valence-electron chi connectivity index (χ2n) is 4.97. The van der Waals surface area contributed by atoms with Gasteiger partial charge in [-0.05, 0) is 24.3 Å². The monoisotopic (exact) mass is 312 g/mol. The molecule has 2 amide bonds. The zero-order chi connectivity index (χ0) is 15.1. The van der Waals surface area contributed by atoms with Crippen LogP contribution in [0, 0.1) is 0 Å². The number of hydrogen-bond acceptors (Lipinski definition) is 4. The van der Waals surface area contributed by atoms with Gasteiger partial charge in [-0.15, -0.1) is 11.3 Å². The molecule has 0 saturated carbocycles. The van der Waals surface area contributed by atoms with Gasteiger partial charge in [-0.3, -0.25) is 4.79 Å². The maximum absolute atomic E-state index is 12.2. The van der Waals surface area contributed by atoms with Crippen LogP contribution in [0.2, 0.25) is 0 Å². The molecule has 6 nitrogen and oxygen atoms in total. The molecule has 2 N–H and O–H groups in total. The fourth-order valence-corrected chi connectivity index (χ4v) is 2.95. The summed E-state index contributed by atoms with van der Waals surface area (Å²) >= 11 is 1.60. The van der Waals surface area contributed by atoms with Crippen LogP contribution in [0.3, 0.4) is 0 Å². The summed E-state index contributed by atoms with van der Waals surface area (Å²) in [6.07, 6.45) is 2.00. The summed E-state index contributed by atoms with van der Waals surface area (Å²) in [6, 6.07) is 3.70. The van der Waals surface area contributed by atoms with E-state index in [1.807, 2.05) is 17.5 Å². The Kier molecular flexibility index (Phi) is 6.01. The third-order valence-electron chi connectivity index (χ3n) is 3.28. The summed E-state index contributed by atoms with van der Waals surface area (Å²) in [7, 11) is 0. The van der Waals surface area contributed by atoms with Crippen LogP contribution < -0.4 is 5.32 Å². The Bertz CT molecular complexity index is 458. The Morgan fingerprint density at radius 3 is 3.00 bits per heavy atom. The number of rotatable bonds is 7. The van der Waals surface area contributed by atoms with Gasteiger partial charge < -0.3 is 20.1 Å². The van der Waals surface area contributed by atoms with E-state index in [-0.39, 0.29) is 25.1 Å². The smallest absolute Gasteiger partial charge is 0.317 e.